The second-order valence-electron chi connectivity index (χ2n) is 6.40. The van der Waals surface area contributed by atoms with Gasteiger partial charge in [0.15, 0.2) is 0 Å². The Balaban J connectivity index is 0.000000321. The van der Waals surface area contributed by atoms with E-state index in [1.54, 1.807) is 10.4 Å². The molecular weight excluding hydrogens is 409 g/mol. The van der Waals surface area contributed by atoms with Gasteiger partial charge in [0, 0.05) is 18.1 Å². The zero-order valence-electron chi connectivity index (χ0n) is 14.2. The van der Waals surface area contributed by atoms with Gasteiger partial charge in [-0.1, -0.05) is 23.7 Å². The fourth-order valence-corrected chi connectivity index (χ4v) is 5.68. The molecule has 2 fully saturated rings. The van der Waals surface area contributed by atoms with Crippen LogP contribution in [0.1, 0.15) is 18.4 Å². The molecule has 27 heavy (non-hydrogen) atoms. The highest BCUT2D eigenvalue weighted by molar-refractivity contribution is 7.90. The molecule has 2 aliphatic heterocycles. The van der Waals surface area contributed by atoms with Crippen molar-refractivity contribution in [1.29, 1.82) is 0 Å². The Morgan fingerprint density at radius 1 is 1.30 bits per heavy atom. The molecule has 0 unspecified atom stereocenters. The maximum absolute atomic E-state index is 12.6. The molecule has 2 atom stereocenters. The average Bonchev–Trinajstić information content (AvgIpc) is 2.71. The number of rotatable bonds is 2. The lowest BCUT2D eigenvalue weighted by atomic mass is 10.0. The van der Waals surface area contributed by atoms with Crippen molar-refractivity contribution in [2.75, 3.05) is 19.6 Å². The van der Waals surface area contributed by atoms with Crippen molar-refractivity contribution in [3.8, 4) is 0 Å². The summed E-state index contributed by atoms with van der Waals surface area (Å²) in [7, 11) is -3.17. The van der Waals surface area contributed by atoms with Crippen molar-refractivity contribution in [1.82, 2.24) is 9.62 Å². The molecule has 6 nitrogen and oxygen atoms in total. The highest BCUT2D eigenvalue weighted by Gasteiger charge is 2.45. The van der Waals surface area contributed by atoms with Crippen molar-refractivity contribution in [2.24, 2.45) is 5.92 Å². The number of benzene rings is 1. The molecule has 2 saturated heterocycles. The van der Waals surface area contributed by atoms with E-state index in [-0.39, 0.29) is 11.2 Å². The van der Waals surface area contributed by atoms with Crippen LogP contribution in [0.25, 0.3) is 0 Å². The second-order valence-corrected chi connectivity index (χ2v) is 8.98. The number of hydrogen-bond donors (Lipinski definition) is 2. The van der Waals surface area contributed by atoms with Crippen molar-refractivity contribution in [2.45, 2.75) is 30.8 Å². The summed E-state index contributed by atoms with van der Waals surface area (Å²) in [6, 6.07) is 7.44. The molecule has 0 bridgehead atoms. The Bertz CT molecular complexity index is 773. The van der Waals surface area contributed by atoms with Crippen molar-refractivity contribution >= 4 is 27.6 Å². The van der Waals surface area contributed by atoms with Crippen LogP contribution < -0.4 is 5.32 Å². The molecule has 1 aromatic carbocycles. The smallest absolute Gasteiger partial charge is 0.475 e. The van der Waals surface area contributed by atoms with Crippen LogP contribution in [0.15, 0.2) is 24.3 Å². The van der Waals surface area contributed by atoms with Gasteiger partial charge < -0.3 is 10.4 Å². The van der Waals surface area contributed by atoms with Gasteiger partial charge in [0.25, 0.3) is 0 Å². The summed E-state index contributed by atoms with van der Waals surface area (Å²) in [5, 5.41) is 10.8. The SMILES string of the molecule is O=C(O)C(F)(F)F.O=S1(=O)[C@@H]2CCNCC[C@@H]2CN1Cc1cccc(Cl)c1. The summed E-state index contributed by atoms with van der Waals surface area (Å²) in [6.45, 7) is 2.79. The molecule has 0 aliphatic carbocycles. The van der Waals surface area contributed by atoms with E-state index >= 15 is 0 Å². The molecule has 2 heterocycles. The van der Waals surface area contributed by atoms with E-state index in [1.807, 2.05) is 18.2 Å². The number of carboxylic acids is 1. The maximum atomic E-state index is 12.6. The molecule has 2 N–H and O–H groups in total. The van der Waals surface area contributed by atoms with Crippen LogP contribution in [-0.4, -0.2) is 54.9 Å². The molecule has 0 amide bonds. The third kappa shape index (κ3) is 5.81. The van der Waals surface area contributed by atoms with Crippen LogP contribution in [0.3, 0.4) is 0 Å². The highest BCUT2D eigenvalue weighted by Crippen LogP contribution is 2.34. The molecule has 3 rings (SSSR count). The van der Waals surface area contributed by atoms with Gasteiger partial charge in [-0.15, -0.1) is 0 Å². The molecule has 11 heteroatoms. The Morgan fingerprint density at radius 2 is 1.93 bits per heavy atom. The van der Waals surface area contributed by atoms with Gasteiger partial charge in [-0.3, -0.25) is 0 Å². The molecule has 2 aliphatic rings. The summed E-state index contributed by atoms with van der Waals surface area (Å²) in [4.78, 5) is 8.90. The number of hydrogen-bond acceptors (Lipinski definition) is 4. The first-order valence-corrected chi connectivity index (χ1v) is 10.1. The topological polar surface area (TPSA) is 86.7 Å². The van der Waals surface area contributed by atoms with Crippen molar-refractivity contribution in [3.63, 3.8) is 0 Å². The minimum atomic E-state index is -5.08. The van der Waals surface area contributed by atoms with Gasteiger partial charge in [-0.2, -0.15) is 17.5 Å². The van der Waals surface area contributed by atoms with E-state index in [1.165, 1.54) is 0 Å². The Kier molecular flexibility index (Phi) is 7.12. The second kappa shape index (κ2) is 8.76. The monoisotopic (exact) mass is 428 g/mol. The number of nitrogens with one attached hydrogen (secondary N) is 1. The van der Waals surface area contributed by atoms with Crippen molar-refractivity contribution in [3.05, 3.63) is 34.9 Å². The average molecular weight is 429 g/mol. The Hall–Kier alpha value is -1.36. The van der Waals surface area contributed by atoms with E-state index in [4.69, 9.17) is 21.5 Å². The maximum Gasteiger partial charge on any atom is 0.490 e. The number of sulfonamides is 1. The first-order valence-electron chi connectivity index (χ1n) is 8.26. The first-order chi connectivity index (χ1) is 12.5. The third-order valence-electron chi connectivity index (χ3n) is 4.49. The molecule has 0 radical (unpaired) electrons. The Morgan fingerprint density at radius 3 is 2.52 bits per heavy atom. The molecule has 1 aromatic rings. The molecule has 152 valence electrons. The number of carbonyl (C=O) groups is 1. The summed E-state index contributed by atoms with van der Waals surface area (Å²) in [5.41, 5.74) is 0.954. The van der Waals surface area contributed by atoms with E-state index in [9.17, 15) is 21.6 Å². The van der Waals surface area contributed by atoms with E-state index in [0.717, 1.165) is 31.5 Å². The predicted molar refractivity (Wildman–Crippen MR) is 93.9 cm³/mol. The van der Waals surface area contributed by atoms with E-state index in [2.05, 4.69) is 5.32 Å². The summed E-state index contributed by atoms with van der Waals surface area (Å²) < 4.78 is 58.6. The quantitative estimate of drug-likeness (QED) is 0.755. The molecule has 0 spiro atoms. The minimum absolute atomic E-state index is 0.211. The van der Waals surface area contributed by atoms with Gasteiger partial charge in [-0.05, 0) is 49.5 Å². The minimum Gasteiger partial charge on any atom is -0.475 e. The van der Waals surface area contributed by atoms with Crippen molar-refractivity contribution < 1.29 is 31.5 Å². The fraction of sp³-hybridized carbons (Fsp3) is 0.562. The van der Waals surface area contributed by atoms with Crippen LogP contribution in [0.4, 0.5) is 13.2 Å². The third-order valence-corrected chi connectivity index (χ3v) is 7.11. The lowest BCUT2D eigenvalue weighted by molar-refractivity contribution is -0.192. The van der Waals surface area contributed by atoms with E-state index in [0.29, 0.717) is 18.1 Å². The van der Waals surface area contributed by atoms with Gasteiger partial charge in [0.2, 0.25) is 10.0 Å². The number of fused-ring (bicyclic) bond motifs is 1. The lowest BCUT2D eigenvalue weighted by Gasteiger charge is -2.17. The van der Waals surface area contributed by atoms with Gasteiger partial charge in [-0.25, -0.2) is 13.2 Å². The molecule has 0 aromatic heterocycles. The van der Waals surface area contributed by atoms with Gasteiger partial charge >= 0.3 is 12.1 Å². The highest BCUT2D eigenvalue weighted by atomic mass is 35.5. The fourth-order valence-electron chi connectivity index (χ4n) is 3.23. The number of alkyl halides is 3. The summed E-state index contributed by atoms with van der Waals surface area (Å²) in [6.07, 6.45) is -3.42. The standard InChI is InChI=1S/C14H19ClN2O2S.C2HF3O2/c15-13-3-1-2-11(8-13)9-17-10-12-4-6-16-7-5-14(12)20(17,18)19;3-2(4,5)1(6)7/h1-3,8,12,14,16H,4-7,9-10H2;(H,6,7)/t12-,14-;/m1./s1. The lowest BCUT2D eigenvalue weighted by Crippen LogP contribution is -2.30. The summed E-state index contributed by atoms with van der Waals surface area (Å²) in [5.74, 6) is -2.50. The van der Waals surface area contributed by atoms with Gasteiger partial charge in [0.05, 0.1) is 5.25 Å². The first kappa shape index (κ1) is 21.9. The van der Waals surface area contributed by atoms with Crippen LogP contribution in [0.2, 0.25) is 5.02 Å². The van der Waals surface area contributed by atoms with Crippen LogP contribution in [0.5, 0.6) is 0 Å². The van der Waals surface area contributed by atoms with Crippen LogP contribution >= 0.6 is 11.6 Å². The number of halogens is 4. The number of nitrogens with zero attached hydrogens (tertiary/aromatic N) is 1. The van der Waals surface area contributed by atoms with Crippen LogP contribution in [-0.2, 0) is 21.4 Å². The number of aliphatic carboxylic acids is 1. The predicted octanol–water partition coefficient (Wildman–Crippen LogP) is 2.49. The van der Waals surface area contributed by atoms with Crippen LogP contribution in [0, 0.1) is 5.92 Å². The normalized spacial score (nSPS) is 25.0. The molecular formula is C16H20ClF3N2O4S. The zero-order valence-corrected chi connectivity index (χ0v) is 15.8. The largest absolute Gasteiger partial charge is 0.490 e. The van der Waals surface area contributed by atoms with E-state index < -0.39 is 22.2 Å². The number of carboxylic acid groups (broad SMARTS) is 1. The zero-order chi connectivity index (χ0) is 20.2. The summed E-state index contributed by atoms with van der Waals surface area (Å²) >= 11 is 5.97. The Labute approximate surface area is 160 Å². The molecule has 0 saturated carbocycles. The van der Waals surface area contributed by atoms with Gasteiger partial charge in [0.1, 0.15) is 0 Å².